The molecule has 0 fully saturated rings. The van der Waals surface area contributed by atoms with Gasteiger partial charge in [-0.3, -0.25) is 0 Å². The predicted molar refractivity (Wildman–Crippen MR) is 80.8 cm³/mol. The maximum atomic E-state index is 5.88. The molecule has 3 heteroatoms. The lowest BCUT2D eigenvalue weighted by Crippen LogP contribution is -1.75. The van der Waals surface area contributed by atoms with Gasteiger partial charge in [-0.2, -0.15) is 0 Å². The van der Waals surface area contributed by atoms with Crippen molar-refractivity contribution in [1.29, 1.82) is 0 Å². The van der Waals surface area contributed by atoms with Gasteiger partial charge in [0.1, 0.15) is 5.58 Å². The first-order valence-electron chi connectivity index (χ1n) is 6.66. The molecule has 0 amide bonds. The highest BCUT2D eigenvalue weighted by atomic mass is 16.3. The fraction of sp³-hybridized carbons (Fsp3) is 0.118. The molecule has 0 aliphatic carbocycles. The third-order valence-corrected chi connectivity index (χ3v) is 3.62. The number of H-pyrrole nitrogens is 1. The molecule has 98 valence electrons. The molecule has 2 heterocycles. The van der Waals surface area contributed by atoms with E-state index in [0.717, 1.165) is 39.2 Å². The van der Waals surface area contributed by atoms with Gasteiger partial charge in [0, 0.05) is 5.39 Å². The van der Waals surface area contributed by atoms with Crippen molar-refractivity contribution in [2.75, 3.05) is 0 Å². The van der Waals surface area contributed by atoms with Gasteiger partial charge in [-0.15, -0.1) is 0 Å². The number of aromatic nitrogens is 2. The maximum Gasteiger partial charge on any atom is 0.174 e. The smallest absolute Gasteiger partial charge is 0.174 e. The number of hydrogen-bond donors (Lipinski definition) is 1. The number of rotatable bonds is 1. The number of hydrogen-bond acceptors (Lipinski definition) is 2. The molecule has 4 aromatic rings. The van der Waals surface area contributed by atoms with E-state index in [1.807, 2.05) is 24.3 Å². The normalized spacial score (nSPS) is 11.5. The van der Waals surface area contributed by atoms with Crippen LogP contribution < -0.4 is 0 Å². The molecule has 0 aliphatic rings. The van der Waals surface area contributed by atoms with Crippen LogP contribution in [-0.2, 0) is 0 Å². The number of aryl methyl sites for hydroxylation is 2. The third-order valence-electron chi connectivity index (χ3n) is 3.62. The number of imidazole rings is 1. The quantitative estimate of drug-likeness (QED) is 0.545. The van der Waals surface area contributed by atoms with Gasteiger partial charge in [0.05, 0.1) is 11.0 Å². The van der Waals surface area contributed by atoms with Crippen molar-refractivity contribution >= 4 is 22.0 Å². The highest BCUT2D eigenvalue weighted by Gasteiger charge is 2.11. The summed E-state index contributed by atoms with van der Waals surface area (Å²) in [5.41, 5.74) is 5.32. The first-order valence-corrected chi connectivity index (χ1v) is 6.66. The molecule has 0 radical (unpaired) electrons. The molecule has 0 bridgehead atoms. The van der Waals surface area contributed by atoms with E-state index in [1.165, 1.54) is 5.56 Å². The van der Waals surface area contributed by atoms with Gasteiger partial charge >= 0.3 is 0 Å². The van der Waals surface area contributed by atoms with Crippen LogP contribution in [0.1, 0.15) is 11.1 Å². The summed E-state index contributed by atoms with van der Waals surface area (Å²) in [5, 5.41) is 1.11. The third kappa shape index (κ3) is 1.63. The Balaban J connectivity index is 1.94. The molecule has 0 aliphatic heterocycles. The van der Waals surface area contributed by atoms with Crippen molar-refractivity contribution in [3.63, 3.8) is 0 Å². The first kappa shape index (κ1) is 11.3. The minimum atomic E-state index is 0.779. The van der Waals surface area contributed by atoms with Crippen LogP contribution in [0.15, 0.2) is 46.9 Å². The monoisotopic (exact) mass is 262 g/mol. The van der Waals surface area contributed by atoms with Gasteiger partial charge in [0.2, 0.25) is 0 Å². The van der Waals surface area contributed by atoms with Crippen LogP contribution in [0.25, 0.3) is 33.6 Å². The number of aromatic amines is 1. The zero-order chi connectivity index (χ0) is 13.7. The van der Waals surface area contributed by atoms with Crippen LogP contribution >= 0.6 is 0 Å². The Bertz CT molecular complexity index is 931. The SMILES string of the molecule is Cc1ccc2oc(-c3nc4c(C)cccc4[nH]3)cc2c1. The second-order valence-corrected chi connectivity index (χ2v) is 5.21. The molecule has 0 atom stereocenters. The summed E-state index contributed by atoms with van der Waals surface area (Å²) >= 11 is 0. The zero-order valence-electron chi connectivity index (χ0n) is 11.4. The lowest BCUT2D eigenvalue weighted by molar-refractivity contribution is 0.626. The molecular weight excluding hydrogens is 248 g/mol. The molecule has 20 heavy (non-hydrogen) atoms. The summed E-state index contributed by atoms with van der Waals surface area (Å²) in [5.74, 6) is 1.56. The van der Waals surface area contributed by atoms with E-state index in [9.17, 15) is 0 Å². The predicted octanol–water partition coefficient (Wildman–Crippen LogP) is 4.59. The van der Waals surface area contributed by atoms with E-state index in [4.69, 9.17) is 4.42 Å². The van der Waals surface area contributed by atoms with E-state index in [1.54, 1.807) is 0 Å². The van der Waals surface area contributed by atoms with Crippen molar-refractivity contribution < 1.29 is 4.42 Å². The fourth-order valence-electron chi connectivity index (χ4n) is 2.57. The minimum absolute atomic E-state index is 0.779. The summed E-state index contributed by atoms with van der Waals surface area (Å²) in [6, 6.07) is 14.3. The molecule has 2 aromatic heterocycles. The Hall–Kier alpha value is -2.55. The Morgan fingerprint density at radius 3 is 2.80 bits per heavy atom. The van der Waals surface area contributed by atoms with Gasteiger partial charge in [-0.05, 0) is 43.7 Å². The summed E-state index contributed by atoms with van der Waals surface area (Å²) in [6.45, 7) is 4.14. The summed E-state index contributed by atoms with van der Waals surface area (Å²) in [4.78, 5) is 7.97. The standard InChI is InChI=1S/C17H14N2O/c1-10-6-7-14-12(8-10)9-15(20-14)17-18-13-5-3-4-11(2)16(13)19-17/h3-9H,1-2H3,(H,18,19). The number of nitrogens with zero attached hydrogens (tertiary/aromatic N) is 1. The van der Waals surface area contributed by atoms with Crippen LogP contribution in [-0.4, -0.2) is 9.97 Å². The van der Waals surface area contributed by atoms with Crippen LogP contribution in [0, 0.1) is 13.8 Å². The average Bonchev–Trinajstić information content (AvgIpc) is 3.01. The molecule has 1 N–H and O–H groups in total. The highest BCUT2D eigenvalue weighted by Crippen LogP contribution is 2.28. The van der Waals surface area contributed by atoms with E-state index in [-0.39, 0.29) is 0 Å². The lowest BCUT2D eigenvalue weighted by atomic mass is 10.2. The minimum Gasteiger partial charge on any atom is -0.453 e. The topological polar surface area (TPSA) is 41.8 Å². The van der Waals surface area contributed by atoms with Gasteiger partial charge in [0.25, 0.3) is 0 Å². The Kier molecular flexibility index (Phi) is 2.24. The zero-order valence-corrected chi connectivity index (χ0v) is 11.4. The molecule has 2 aromatic carbocycles. The van der Waals surface area contributed by atoms with E-state index in [2.05, 4.69) is 42.0 Å². The first-order chi connectivity index (χ1) is 9.70. The van der Waals surface area contributed by atoms with E-state index >= 15 is 0 Å². The summed E-state index contributed by atoms with van der Waals surface area (Å²) < 4.78 is 5.88. The number of fused-ring (bicyclic) bond motifs is 2. The van der Waals surface area contributed by atoms with Crippen LogP contribution in [0.5, 0.6) is 0 Å². The van der Waals surface area contributed by atoms with Crippen molar-refractivity contribution in [3.8, 4) is 11.6 Å². The second kappa shape index (κ2) is 3.97. The number of nitrogens with one attached hydrogen (secondary N) is 1. The Labute approximate surface area is 116 Å². The molecule has 3 nitrogen and oxygen atoms in total. The van der Waals surface area contributed by atoms with Gasteiger partial charge < -0.3 is 9.40 Å². The highest BCUT2D eigenvalue weighted by molar-refractivity contribution is 5.85. The van der Waals surface area contributed by atoms with Crippen molar-refractivity contribution in [2.24, 2.45) is 0 Å². The maximum absolute atomic E-state index is 5.88. The van der Waals surface area contributed by atoms with Crippen LogP contribution in [0.3, 0.4) is 0 Å². The number of furan rings is 1. The average molecular weight is 262 g/mol. The van der Waals surface area contributed by atoms with Gasteiger partial charge in [-0.25, -0.2) is 4.98 Å². The van der Waals surface area contributed by atoms with Crippen molar-refractivity contribution in [2.45, 2.75) is 13.8 Å². The molecule has 4 rings (SSSR count). The van der Waals surface area contributed by atoms with Crippen molar-refractivity contribution in [1.82, 2.24) is 9.97 Å². The van der Waals surface area contributed by atoms with Gasteiger partial charge in [0.15, 0.2) is 11.6 Å². The van der Waals surface area contributed by atoms with Crippen LogP contribution in [0.4, 0.5) is 0 Å². The molecular formula is C17H14N2O. The Morgan fingerprint density at radius 2 is 1.95 bits per heavy atom. The Morgan fingerprint density at radius 1 is 1.05 bits per heavy atom. The summed E-state index contributed by atoms with van der Waals surface area (Å²) in [7, 11) is 0. The van der Waals surface area contributed by atoms with Gasteiger partial charge in [-0.1, -0.05) is 23.8 Å². The lowest BCUT2D eigenvalue weighted by Gasteiger charge is -1.90. The molecule has 0 unspecified atom stereocenters. The molecule has 0 spiro atoms. The molecule has 0 saturated heterocycles. The fourth-order valence-corrected chi connectivity index (χ4v) is 2.57. The largest absolute Gasteiger partial charge is 0.453 e. The van der Waals surface area contributed by atoms with Crippen LogP contribution in [0.2, 0.25) is 0 Å². The van der Waals surface area contributed by atoms with E-state index < -0.39 is 0 Å². The van der Waals surface area contributed by atoms with E-state index in [0.29, 0.717) is 0 Å². The number of benzene rings is 2. The second-order valence-electron chi connectivity index (χ2n) is 5.21. The summed E-state index contributed by atoms with van der Waals surface area (Å²) in [6.07, 6.45) is 0. The number of para-hydroxylation sites is 1. The molecule has 0 saturated carbocycles. The van der Waals surface area contributed by atoms with Crippen molar-refractivity contribution in [3.05, 3.63) is 53.6 Å².